The molecule has 2 aromatic rings. The van der Waals surface area contributed by atoms with Crippen LogP contribution in [0.5, 0.6) is 11.5 Å². The van der Waals surface area contributed by atoms with Crippen molar-refractivity contribution in [3.05, 3.63) is 47.3 Å². The van der Waals surface area contributed by atoms with Crippen LogP contribution in [0.3, 0.4) is 0 Å². The molecule has 25 heavy (non-hydrogen) atoms. The highest BCUT2D eigenvalue weighted by atomic mass is 16.7. The molecule has 0 radical (unpaired) electrons. The molecule has 2 aliphatic heterocycles. The Morgan fingerprint density at radius 1 is 1.04 bits per heavy atom. The fourth-order valence-electron chi connectivity index (χ4n) is 3.08. The molecule has 2 aliphatic rings. The highest BCUT2D eigenvalue weighted by Crippen LogP contribution is 2.32. The minimum atomic E-state index is -0.0461. The van der Waals surface area contributed by atoms with Gasteiger partial charge >= 0.3 is 0 Å². The molecule has 7 nitrogen and oxygen atoms in total. The summed E-state index contributed by atoms with van der Waals surface area (Å²) >= 11 is 0. The zero-order valence-electron chi connectivity index (χ0n) is 14.1. The van der Waals surface area contributed by atoms with Crippen molar-refractivity contribution in [2.24, 2.45) is 0 Å². The summed E-state index contributed by atoms with van der Waals surface area (Å²) in [4.78, 5) is 16.7. The van der Waals surface area contributed by atoms with Gasteiger partial charge < -0.3 is 14.4 Å². The second-order valence-corrected chi connectivity index (χ2v) is 6.32. The number of carbonyl (C=O) groups excluding carboxylic acids is 1. The van der Waals surface area contributed by atoms with Crippen LogP contribution < -0.4 is 9.47 Å². The molecule has 0 spiro atoms. The van der Waals surface area contributed by atoms with Crippen LogP contribution in [-0.4, -0.2) is 58.9 Å². The maximum atomic E-state index is 12.5. The number of piperazine rings is 1. The molecule has 130 valence electrons. The van der Waals surface area contributed by atoms with Crippen molar-refractivity contribution in [3.8, 4) is 11.5 Å². The number of ether oxygens (including phenoxy) is 2. The van der Waals surface area contributed by atoms with E-state index in [1.807, 2.05) is 30.0 Å². The van der Waals surface area contributed by atoms with Crippen LogP contribution in [0, 0.1) is 6.92 Å². The van der Waals surface area contributed by atoms with Gasteiger partial charge in [0.1, 0.15) is 0 Å². The molecule has 4 rings (SSSR count). The minimum Gasteiger partial charge on any atom is -0.454 e. The SMILES string of the molecule is Cc1ccc(C(=O)N2CCN(Cc3ccc4c(c3)OCO4)CC2)nn1. The van der Waals surface area contributed by atoms with E-state index in [1.165, 1.54) is 5.56 Å². The van der Waals surface area contributed by atoms with Crippen LogP contribution in [0.2, 0.25) is 0 Å². The molecule has 1 aromatic carbocycles. The highest BCUT2D eigenvalue weighted by Gasteiger charge is 2.23. The maximum absolute atomic E-state index is 12.5. The maximum Gasteiger partial charge on any atom is 0.274 e. The summed E-state index contributed by atoms with van der Waals surface area (Å²) in [5, 5.41) is 7.96. The van der Waals surface area contributed by atoms with E-state index in [9.17, 15) is 4.79 Å². The number of hydrogen-bond acceptors (Lipinski definition) is 6. The minimum absolute atomic E-state index is 0.0461. The summed E-state index contributed by atoms with van der Waals surface area (Å²) in [6, 6.07) is 9.60. The third kappa shape index (κ3) is 3.41. The molecular formula is C18H20N4O3. The molecule has 0 unspecified atom stereocenters. The van der Waals surface area contributed by atoms with Crippen molar-refractivity contribution in [3.63, 3.8) is 0 Å². The first-order chi connectivity index (χ1) is 12.2. The molecule has 3 heterocycles. The number of amides is 1. The molecule has 1 aromatic heterocycles. The standard InChI is InChI=1S/C18H20N4O3/c1-13-2-4-15(20-19-13)18(23)22-8-6-21(7-9-22)11-14-3-5-16-17(10-14)25-12-24-16/h2-5,10H,6-9,11-12H2,1H3. The van der Waals surface area contributed by atoms with Gasteiger partial charge in [0.15, 0.2) is 17.2 Å². The summed E-state index contributed by atoms with van der Waals surface area (Å²) < 4.78 is 10.8. The van der Waals surface area contributed by atoms with E-state index in [2.05, 4.69) is 21.2 Å². The van der Waals surface area contributed by atoms with Crippen molar-refractivity contribution in [2.45, 2.75) is 13.5 Å². The summed E-state index contributed by atoms with van der Waals surface area (Å²) in [6.07, 6.45) is 0. The third-order valence-electron chi connectivity index (χ3n) is 4.52. The lowest BCUT2D eigenvalue weighted by molar-refractivity contribution is 0.0621. The Balaban J connectivity index is 1.33. The number of nitrogens with zero attached hydrogens (tertiary/aromatic N) is 4. The molecule has 1 fully saturated rings. The molecule has 0 N–H and O–H groups in total. The Labute approximate surface area is 146 Å². The molecule has 0 saturated carbocycles. The summed E-state index contributed by atoms with van der Waals surface area (Å²) in [5.74, 6) is 1.57. The first-order valence-corrected chi connectivity index (χ1v) is 8.39. The van der Waals surface area contributed by atoms with Crippen molar-refractivity contribution in [1.29, 1.82) is 0 Å². The quantitative estimate of drug-likeness (QED) is 0.843. The zero-order valence-corrected chi connectivity index (χ0v) is 14.1. The lowest BCUT2D eigenvalue weighted by atomic mass is 10.1. The number of hydrogen-bond donors (Lipinski definition) is 0. The first kappa shape index (κ1) is 15.8. The van der Waals surface area contributed by atoms with Crippen LogP contribution >= 0.6 is 0 Å². The number of carbonyl (C=O) groups is 1. The largest absolute Gasteiger partial charge is 0.454 e. The monoisotopic (exact) mass is 340 g/mol. The van der Waals surface area contributed by atoms with Gasteiger partial charge in [-0.05, 0) is 36.8 Å². The van der Waals surface area contributed by atoms with Crippen molar-refractivity contribution in [1.82, 2.24) is 20.0 Å². The topological polar surface area (TPSA) is 67.8 Å². The summed E-state index contributed by atoms with van der Waals surface area (Å²) in [5.41, 5.74) is 2.41. The third-order valence-corrected chi connectivity index (χ3v) is 4.52. The lowest BCUT2D eigenvalue weighted by Gasteiger charge is -2.34. The van der Waals surface area contributed by atoms with Crippen molar-refractivity contribution < 1.29 is 14.3 Å². The summed E-state index contributed by atoms with van der Waals surface area (Å²) in [6.45, 7) is 6.04. The van der Waals surface area contributed by atoms with Crippen molar-refractivity contribution >= 4 is 5.91 Å². The average Bonchev–Trinajstić information content (AvgIpc) is 3.10. The van der Waals surface area contributed by atoms with Gasteiger partial charge in [-0.1, -0.05) is 6.07 Å². The molecular weight excluding hydrogens is 320 g/mol. The fraction of sp³-hybridized carbons (Fsp3) is 0.389. The van der Waals surface area contributed by atoms with E-state index >= 15 is 0 Å². The number of aromatic nitrogens is 2. The van der Waals surface area contributed by atoms with Gasteiger partial charge in [0.2, 0.25) is 6.79 Å². The van der Waals surface area contributed by atoms with Gasteiger partial charge in [0.05, 0.1) is 5.69 Å². The Morgan fingerprint density at radius 3 is 2.60 bits per heavy atom. The van der Waals surface area contributed by atoms with Gasteiger partial charge in [-0.25, -0.2) is 0 Å². The van der Waals surface area contributed by atoms with Crippen LogP contribution in [0.15, 0.2) is 30.3 Å². The normalized spacial score (nSPS) is 16.9. The van der Waals surface area contributed by atoms with Gasteiger partial charge in [-0.2, -0.15) is 5.10 Å². The van der Waals surface area contributed by atoms with E-state index in [1.54, 1.807) is 6.07 Å². The average molecular weight is 340 g/mol. The molecule has 7 heteroatoms. The number of aryl methyl sites for hydroxylation is 1. The van der Waals surface area contributed by atoms with Gasteiger partial charge in [0.25, 0.3) is 5.91 Å². The fourth-order valence-corrected chi connectivity index (χ4v) is 3.08. The second kappa shape index (κ2) is 6.68. The second-order valence-electron chi connectivity index (χ2n) is 6.32. The Kier molecular flexibility index (Phi) is 4.23. The van der Waals surface area contributed by atoms with Crippen LogP contribution in [0.25, 0.3) is 0 Å². The van der Waals surface area contributed by atoms with Crippen LogP contribution in [0.4, 0.5) is 0 Å². The molecule has 0 bridgehead atoms. The Hall–Kier alpha value is -2.67. The lowest BCUT2D eigenvalue weighted by Crippen LogP contribution is -2.48. The van der Waals surface area contributed by atoms with Gasteiger partial charge in [-0.3, -0.25) is 9.69 Å². The number of fused-ring (bicyclic) bond motifs is 1. The highest BCUT2D eigenvalue weighted by molar-refractivity contribution is 5.92. The van der Waals surface area contributed by atoms with E-state index in [4.69, 9.17) is 9.47 Å². The van der Waals surface area contributed by atoms with E-state index < -0.39 is 0 Å². The zero-order chi connectivity index (χ0) is 17.2. The van der Waals surface area contributed by atoms with Gasteiger partial charge in [0, 0.05) is 32.7 Å². The van der Waals surface area contributed by atoms with Crippen molar-refractivity contribution in [2.75, 3.05) is 33.0 Å². The number of benzene rings is 1. The van der Waals surface area contributed by atoms with E-state index in [0.717, 1.165) is 36.8 Å². The Morgan fingerprint density at radius 2 is 1.84 bits per heavy atom. The molecule has 0 atom stereocenters. The first-order valence-electron chi connectivity index (χ1n) is 8.39. The predicted molar refractivity (Wildman–Crippen MR) is 90.5 cm³/mol. The summed E-state index contributed by atoms with van der Waals surface area (Å²) in [7, 11) is 0. The van der Waals surface area contributed by atoms with E-state index in [-0.39, 0.29) is 5.91 Å². The van der Waals surface area contributed by atoms with Crippen LogP contribution in [0.1, 0.15) is 21.7 Å². The smallest absolute Gasteiger partial charge is 0.274 e. The molecule has 1 saturated heterocycles. The molecule has 0 aliphatic carbocycles. The van der Waals surface area contributed by atoms with E-state index in [0.29, 0.717) is 25.6 Å². The molecule has 1 amide bonds. The Bertz CT molecular complexity index is 770. The number of rotatable bonds is 3. The predicted octanol–water partition coefficient (Wildman–Crippen LogP) is 1.47. The van der Waals surface area contributed by atoms with Gasteiger partial charge in [-0.15, -0.1) is 5.10 Å². The van der Waals surface area contributed by atoms with Crippen LogP contribution in [-0.2, 0) is 6.54 Å².